The van der Waals surface area contributed by atoms with Gasteiger partial charge in [0.25, 0.3) is 0 Å². The summed E-state index contributed by atoms with van der Waals surface area (Å²) in [5.41, 5.74) is 0.699. The predicted molar refractivity (Wildman–Crippen MR) is 93.1 cm³/mol. The Morgan fingerprint density at radius 2 is 1.73 bits per heavy atom. The summed E-state index contributed by atoms with van der Waals surface area (Å²) in [5.74, 6) is 0.110. The van der Waals surface area contributed by atoms with Crippen LogP contribution in [0.3, 0.4) is 0 Å². The van der Waals surface area contributed by atoms with Crippen LogP contribution in [0.15, 0.2) is 28.7 Å². The molecule has 0 aliphatic heterocycles. The first-order valence-electron chi connectivity index (χ1n) is 7.84. The predicted octanol–water partition coefficient (Wildman–Crippen LogP) is 3.26. The Morgan fingerprint density at radius 1 is 1.09 bits per heavy atom. The number of hydrogen-bond acceptors (Lipinski definition) is 3. The second-order valence-electron chi connectivity index (χ2n) is 5.16. The Balaban J connectivity index is 2.19. The third kappa shape index (κ3) is 7.18. The van der Waals surface area contributed by atoms with Crippen molar-refractivity contribution in [3.8, 4) is 0 Å². The molecule has 4 nitrogen and oxygen atoms in total. The molecule has 1 rings (SSSR count). The number of rotatable bonds is 10. The van der Waals surface area contributed by atoms with Gasteiger partial charge in [0.15, 0.2) is 5.78 Å². The maximum absolute atomic E-state index is 12.0. The van der Waals surface area contributed by atoms with Gasteiger partial charge in [-0.3, -0.25) is 9.59 Å². The fourth-order valence-corrected chi connectivity index (χ4v) is 2.44. The van der Waals surface area contributed by atoms with Crippen molar-refractivity contribution in [3.05, 3.63) is 34.3 Å². The minimum absolute atomic E-state index is 0.0239. The Labute approximate surface area is 141 Å². The van der Waals surface area contributed by atoms with E-state index in [1.54, 1.807) is 12.1 Å². The van der Waals surface area contributed by atoms with E-state index in [1.807, 2.05) is 12.1 Å². The smallest absolute Gasteiger partial charge is 0.220 e. The number of nitrogens with one attached hydrogen (secondary N) is 1. The second kappa shape index (κ2) is 10.5. The van der Waals surface area contributed by atoms with Gasteiger partial charge in [0.05, 0.1) is 0 Å². The van der Waals surface area contributed by atoms with Crippen LogP contribution in [-0.2, 0) is 4.79 Å². The average molecular weight is 369 g/mol. The van der Waals surface area contributed by atoms with Crippen molar-refractivity contribution in [2.45, 2.75) is 33.1 Å². The van der Waals surface area contributed by atoms with Gasteiger partial charge in [0.1, 0.15) is 0 Å². The third-order valence-electron chi connectivity index (χ3n) is 3.62. The average Bonchev–Trinajstić information content (AvgIpc) is 2.52. The molecule has 0 spiro atoms. The highest BCUT2D eigenvalue weighted by Crippen LogP contribution is 2.13. The van der Waals surface area contributed by atoms with Crippen molar-refractivity contribution in [1.82, 2.24) is 10.2 Å². The van der Waals surface area contributed by atoms with Crippen molar-refractivity contribution in [2.24, 2.45) is 0 Å². The molecule has 1 N–H and O–H groups in total. The molecule has 0 fully saturated rings. The number of benzene rings is 1. The van der Waals surface area contributed by atoms with Gasteiger partial charge in [-0.05, 0) is 31.6 Å². The summed E-state index contributed by atoms with van der Waals surface area (Å²) in [7, 11) is 0. The maximum Gasteiger partial charge on any atom is 0.220 e. The molecule has 1 aromatic rings. The maximum atomic E-state index is 12.0. The molecular formula is C17H25BrN2O2. The zero-order chi connectivity index (χ0) is 16.4. The van der Waals surface area contributed by atoms with Crippen molar-refractivity contribution >= 4 is 27.6 Å². The van der Waals surface area contributed by atoms with E-state index in [2.05, 4.69) is 40.0 Å². The van der Waals surface area contributed by atoms with Crippen LogP contribution >= 0.6 is 15.9 Å². The van der Waals surface area contributed by atoms with Crippen LogP contribution in [0.1, 0.15) is 43.5 Å². The van der Waals surface area contributed by atoms with Crippen LogP contribution in [0, 0.1) is 0 Å². The van der Waals surface area contributed by atoms with E-state index >= 15 is 0 Å². The SMILES string of the molecule is CCN(CC)CCNC(=O)CCCC(=O)c1ccc(Br)cc1. The summed E-state index contributed by atoms with van der Waals surface area (Å²) in [6.07, 6.45) is 1.40. The zero-order valence-electron chi connectivity index (χ0n) is 13.4. The van der Waals surface area contributed by atoms with E-state index in [4.69, 9.17) is 0 Å². The summed E-state index contributed by atoms with van der Waals surface area (Å²) in [6.45, 7) is 7.75. The van der Waals surface area contributed by atoms with E-state index in [0.717, 1.165) is 24.1 Å². The highest BCUT2D eigenvalue weighted by Gasteiger charge is 2.08. The molecule has 0 saturated heterocycles. The fraction of sp³-hybridized carbons (Fsp3) is 0.529. The van der Waals surface area contributed by atoms with Gasteiger partial charge in [-0.2, -0.15) is 0 Å². The lowest BCUT2D eigenvalue weighted by atomic mass is 10.1. The lowest BCUT2D eigenvalue weighted by Crippen LogP contribution is -2.34. The molecule has 0 aliphatic carbocycles. The first-order chi connectivity index (χ1) is 10.6. The standard InChI is InChI=1S/C17H25BrN2O2/c1-3-20(4-2)13-12-19-17(22)7-5-6-16(21)14-8-10-15(18)11-9-14/h8-11H,3-7,12-13H2,1-2H3,(H,19,22). The van der Waals surface area contributed by atoms with E-state index < -0.39 is 0 Å². The van der Waals surface area contributed by atoms with E-state index in [1.165, 1.54) is 0 Å². The summed E-state index contributed by atoms with van der Waals surface area (Å²) in [4.78, 5) is 25.9. The minimum atomic E-state index is 0.0239. The van der Waals surface area contributed by atoms with Crippen molar-refractivity contribution in [1.29, 1.82) is 0 Å². The third-order valence-corrected chi connectivity index (χ3v) is 4.15. The summed E-state index contributed by atoms with van der Waals surface area (Å²) >= 11 is 3.34. The molecule has 122 valence electrons. The van der Waals surface area contributed by atoms with Crippen molar-refractivity contribution < 1.29 is 9.59 Å². The van der Waals surface area contributed by atoms with Crippen LogP contribution in [0.5, 0.6) is 0 Å². The van der Waals surface area contributed by atoms with Gasteiger partial charge in [0.2, 0.25) is 5.91 Å². The molecule has 0 aromatic heterocycles. The topological polar surface area (TPSA) is 49.4 Å². The number of nitrogens with zero attached hydrogens (tertiary/aromatic N) is 1. The molecule has 0 radical (unpaired) electrons. The number of carbonyl (C=O) groups is 2. The van der Waals surface area contributed by atoms with Crippen LogP contribution in [0.25, 0.3) is 0 Å². The lowest BCUT2D eigenvalue weighted by molar-refractivity contribution is -0.121. The fourth-order valence-electron chi connectivity index (χ4n) is 2.17. The van der Waals surface area contributed by atoms with E-state index in [-0.39, 0.29) is 11.7 Å². The number of halogens is 1. The summed E-state index contributed by atoms with van der Waals surface area (Å²) in [6, 6.07) is 7.31. The van der Waals surface area contributed by atoms with Crippen LogP contribution in [-0.4, -0.2) is 42.8 Å². The monoisotopic (exact) mass is 368 g/mol. The van der Waals surface area contributed by atoms with E-state index in [0.29, 0.717) is 31.4 Å². The first-order valence-corrected chi connectivity index (χ1v) is 8.64. The Kier molecular flexibility index (Phi) is 9.01. The van der Waals surface area contributed by atoms with E-state index in [9.17, 15) is 9.59 Å². The molecule has 5 heteroatoms. The molecule has 1 aromatic carbocycles. The largest absolute Gasteiger partial charge is 0.355 e. The number of likely N-dealkylation sites (N-methyl/N-ethyl adjacent to an activating group) is 1. The highest BCUT2D eigenvalue weighted by atomic mass is 79.9. The van der Waals surface area contributed by atoms with Gasteiger partial charge < -0.3 is 10.2 Å². The minimum Gasteiger partial charge on any atom is -0.355 e. The number of amides is 1. The van der Waals surface area contributed by atoms with Gasteiger partial charge in [0, 0.05) is 36.0 Å². The number of carbonyl (C=O) groups excluding carboxylic acids is 2. The number of hydrogen-bond donors (Lipinski definition) is 1. The van der Waals surface area contributed by atoms with Gasteiger partial charge in [-0.25, -0.2) is 0 Å². The number of Topliss-reactive ketones (excluding diaryl/α,β-unsaturated/α-hetero) is 1. The summed E-state index contributed by atoms with van der Waals surface area (Å²) in [5, 5.41) is 2.90. The quantitative estimate of drug-likeness (QED) is 0.644. The molecule has 22 heavy (non-hydrogen) atoms. The Hall–Kier alpha value is -1.20. The van der Waals surface area contributed by atoms with Gasteiger partial charge in [-0.1, -0.05) is 41.9 Å². The molecule has 0 saturated carbocycles. The van der Waals surface area contributed by atoms with Crippen molar-refractivity contribution in [2.75, 3.05) is 26.2 Å². The molecule has 0 unspecified atom stereocenters. The summed E-state index contributed by atoms with van der Waals surface area (Å²) < 4.78 is 0.955. The molecule has 0 bridgehead atoms. The first kappa shape index (κ1) is 18.8. The van der Waals surface area contributed by atoms with Gasteiger partial charge in [-0.15, -0.1) is 0 Å². The Bertz CT molecular complexity index is 470. The van der Waals surface area contributed by atoms with Gasteiger partial charge >= 0.3 is 0 Å². The molecule has 0 atom stereocenters. The lowest BCUT2D eigenvalue weighted by Gasteiger charge is -2.17. The number of ketones is 1. The van der Waals surface area contributed by atoms with Crippen LogP contribution < -0.4 is 5.32 Å². The molecule has 0 aliphatic rings. The second-order valence-corrected chi connectivity index (χ2v) is 6.08. The van der Waals surface area contributed by atoms with Crippen LogP contribution in [0.4, 0.5) is 0 Å². The van der Waals surface area contributed by atoms with Crippen LogP contribution in [0.2, 0.25) is 0 Å². The molecular weight excluding hydrogens is 344 g/mol. The Morgan fingerprint density at radius 3 is 2.32 bits per heavy atom. The molecule has 0 heterocycles. The normalized spacial score (nSPS) is 10.7. The van der Waals surface area contributed by atoms with Crippen molar-refractivity contribution in [3.63, 3.8) is 0 Å². The zero-order valence-corrected chi connectivity index (χ0v) is 15.0. The molecule has 1 amide bonds. The highest BCUT2D eigenvalue weighted by molar-refractivity contribution is 9.10.